The number of sulfonamides is 1. The first-order chi connectivity index (χ1) is 12.5. The number of aryl methyl sites for hydroxylation is 1. The summed E-state index contributed by atoms with van der Waals surface area (Å²) in [7, 11) is -3.57. The number of aromatic nitrogens is 1. The third kappa shape index (κ3) is 6.13. The zero-order chi connectivity index (χ0) is 18.4. The van der Waals surface area contributed by atoms with Crippen LogP contribution in [0.2, 0.25) is 0 Å². The molecule has 0 saturated heterocycles. The Hall–Kier alpha value is -2.29. The van der Waals surface area contributed by atoms with Crippen molar-refractivity contribution >= 4 is 45.1 Å². The Bertz CT molecular complexity index is 949. The van der Waals surface area contributed by atoms with Crippen molar-refractivity contribution in [1.82, 2.24) is 4.98 Å². The van der Waals surface area contributed by atoms with Crippen LogP contribution < -0.4 is 14.8 Å². The molecule has 1 aromatic carbocycles. The Balaban J connectivity index is 0.00000261. The van der Waals surface area contributed by atoms with Crippen molar-refractivity contribution in [1.29, 1.82) is 0 Å². The number of nitrogens with one attached hydrogen (secondary N) is 2. The lowest BCUT2D eigenvalue weighted by Gasteiger charge is -2.12. The van der Waals surface area contributed by atoms with E-state index in [0.29, 0.717) is 24.6 Å². The number of halogens is 1. The maximum absolute atomic E-state index is 12.3. The number of ether oxygens (including phenoxy) is 1. The van der Waals surface area contributed by atoms with Crippen molar-refractivity contribution in [3.63, 3.8) is 0 Å². The van der Waals surface area contributed by atoms with Crippen molar-refractivity contribution in [2.24, 2.45) is 0 Å². The predicted octanol–water partition coefficient (Wildman–Crippen LogP) is 4.17. The predicted molar refractivity (Wildman–Crippen MR) is 112 cm³/mol. The second-order valence-corrected chi connectivity index (χ2v) is 8.44. The summed E-state index contributed by atoms with van der Waals surface area (Å²) in [6.07, 6.45) is 3.44. The van der Waals surface area contributed by atoms with Gasteiger partial charge >= 0.3 is 0 Å². The van der Waals surface area contributed by atoms with Crippen LogP contribution in [-0.4, -0.2) is 26.6 Å². The molecule has 0 atom stereocenters. The van der Waals surface area contributed by atoms with Gasteiger partial charge in [-0.3, -0.25) is 9.71 Å². The first kappa shape index (κ1) is 21.0. The van der Waals surface area contributed by atoms with Gasteiger partial charge in [0.15, 0.2) is 0 Å². The molecule has 0 radical (unpaired) electrons. The molecular formula is C18H20ClN3O3S2. The monoisotopic (exact) mass is 425 g/mol. The third-order valence-electron chi connectivity index (χ3n) is 3.44. The van der Waals surface area contributed by atoms with Crippen molar-refractivity contribution in [2.75, 3.05) is 23.2 Å². The van der Waals surface area contributed by atoms with Gasteiger partial charge in [-0.1, -0.05) is 6.07 Å². The van der Waals surface area contributed by atoms with E-state index in [-0.39, 0.29) is 16.6 Å². The first-order valence-electron chi connectivity index (χ1n) is 7.98. The maximum atomic E-state index is 12.3. The third-order valence-corrected chi connectivity index (χ3v) is 6.22. The van der Waals surface area contributed by atoms with Gasteiger partial charge in [0, 0.05) is 30.7 Å². The number of anilines is 2. The summed E-state index contributed by atoms with van der Waals surface area (Å²) in [5.74, 6) is 0.616. The topological polar surface area (TPSA) is 80.3 Å². The van der Waals surface area contributed by atoms with Crippen LogP contribution in [0.15, 0.2) is 64.4 Å². The van der Waals surface area contributed by atoms with E-state index in [2.05, 4.69) is 15.0 Å². The molecule has 0 aliphatic rings. The van der Waals surface area contributed by atoms with E-state index in [1.807, 2.05) is 25.1 Å². The van der Waals surface area contributed by atoms with Gasteiger partial charge in [0.05, 0.1) is 5.69 Å². The van der Waals surface area contributed by atoms with E-state index in [0.717, 1.165) is 11.3 Å². The Morgan fingerprint density at radius 1 is 1.11 bits per heavy atom. The highest BCUT2D eigenvalue weighted by Gasteiger charge is 2.15. The molecule has 3 aromatic rings. The first-order valence-corrected chi connectivity index (χ1v) is 10.3. The molecule has 0 saturated carbocycles. The van der Waals surface area contributed by atoms with E-state index in [1.165, 1.54) is 11.3 Å². The van der Waals surface area contributed by atoms with Crippen LogP contribution in [0.1, 0.15) is 5.56 Å². The van der Waals surface area contributed by atoms with Crippen LogP contribution in [0.3, 0.4) is 0 Å². The largest absolute Gasteiger partial charge is 0.492 e. The van der Waals surface area contributed by atoms with Gasteiger partial charge in [0.1, 0.15) is 16.6 Å². The van der Waals surface area contributed by atoms with Crippen LogP contribution in [0.4, 0.5) is 11.4 Å². The second kappa shape index (κ2) is 9.59. The van der Waals surface area contributed by atoms with E-state index < -0.39 is 10.0 Å². The Kier molecular flexibility index (Phi) is 7.46. The van der Waals surface area contributed by atoms with Gasteiger partial charge in [-0.2, -0.15) is 0 Å². The summed E-state index contributed by atoms with van der Waals surface area (Å²) in [6, 6.07) is 12.4. The zero-order valence-electron chi connectivity index (χ0n) is 14.6. The molecule has 0 bridgehead atoms. The second-order valence-electron chi connectivity index (χ2n) is 5.58. The number of hydrogen-bond donors (Lipinski definition) is 2. The lowest BCUT2D eigenvalue weighted by atomic mass is 10.2. The summed E-state index contributed by atoms with van der Waals surface area (Å²) in [5.41, 5.74) is 2.36. The minimum absolute atomic E-state index is 0. The number of nitrogens with zero attached hydrogens (tertiary/aromatic N) is 1. The fraction of sp³-hybridized carbons (Fsp3) is 0.167. The van der Waals surface area contributed by atoms with Gasteiger partial charge in [-0.15, -0.1) is 23.7 Å². The normalized spacial score (nSPS) is 10.7. The molecule has 0 aliphatic carbocycles. The number of pyridine rings is 1. The molecule has 144 valence electrons. The molecule has 0 unspecified atom stereocenters. The fourth-order valence-electron chi connectivity index (χ4n) is 2.35. The molecule has 3 rings (SSSR count). The Morgan fingerprint density at radius 3 is 2.59 bits per heavy atom. The maximum Gasteiger partial charge on any atom is 0.271 e. The van der Waals surface area contributed by atoms with Gasteiger partial charge < -0.3 is 10.1 Å². The lowest BCUT2D eigenvalue weighted by molar-refractivity contribution is 0.333. The molecule has 0 fully saturated rings. The summed E-state index contributed by atoms with van der Waals surface area (Å²) in [5, 5.41) is 4.96. The quantitative estimate of drug-likeness (QED) is 0.529. The summed E-state index contributed by atoms with van der Waals surface area (Å²) in [6.45, 7) is 2.96. The van der Waals surface area contributed by atoms with E-state index >= 15 is 0 Å². The molecule has 0 spiro atoms. The summed E-state index contributed by atoms with van der Waals surface area (Å²) in [4.78, 5) is 3.96. The van der Waals surface area contributed by atoms with Crippen LogP contribution in [0, 0.1) is 6.92 Å². The average Bonchev–Trinajstić information content (AvgIpc) is 3.14. The highest BCUT2D eigenvalue weighted by molar-refractivity contribution is 7.94. The summed E-state index contributed by atoms with van der Waals surface area (Å²) < 4.78 is 33.3. The lowest BCUT2D eigenvalue weighted by Crippen LogP contribution is -2.13. The standard InChI is InChI=1S/C18H19N3O3S2.ClH/c1-14-11-16(21-26(22,23)18-3-2-10-25-18)13-17(12-14)24-9-8-20-15-4-6-19-7-5-15;/h2-7,10-13,21H,8-9H2,1H3,(H,19,20);1H. The highest BCUT2D eigenvalue weighted by Crippen LogP contribution is 2.25. The molecule has 2 heterocycles. The number of benzene rings is 1. The van der Waals surface area contributed by atoms with Crippen LogP contribution in [0.25, 0.3) is 0 Å². The highest BCUT2D eigenvalue weighted by atomic mass is 35.5. The van der Waals surface area contributed by atoms with Gasteiger partial charge in [0.25, 0.3) is 10.0 Å². The van der Waals surface area contributed by atoms with Gasteiger partial charge in [0.2, 0.25) is 0 Å². The Labute approximate surface area is 169 Å². The Morgan fingerprint density at radius 2 is 1.89 bits per heavy atom. The number of hydrogen-bond acceptors (Lipinski definition) is 6. The number of thiophene rings is 1. The van der Waals surface area contributed by atoms with Crippen LogP contribution in [0.5, 0.6) is 5.75 Å². The van der Waals surface area contributed by atoms with Crippen molar-refractivity contribution in [3.05, 3.63) is 65.8 Å². The molecule has 2 aromatic heterocycles. The molecule has 0 amide bonds. The minimum Gasteiger partial charge on any atom is -0.492 e. The van der Waals surface area contributed by atoms with Gasteiger partial charge in [-0.25, -0.2) is 8.42 Å². The molecule has 9 heteroatoms. The number of rotatable bonds is 8. The molecule has 0 aliphatic heterocycles. The van der Waals surface area contributed by atoms with Gasteiger partial charge in [-0.05, 0) is 48.2 Å². The molecule has 27 heavy (non-hydrogen) atoms. The fourth-order valence-corrected chi connectivity index (χ4v) is 4.38. The van der Waals surface area contributed by atoms with Crippen molar-refractivity contribution in [3.8, 4) is 5.75 Å². The van der Waals surface area contributed by atoms with E-state index in [4.69, 9.17) is 4.74 Å². The zero-order valence-corrected chi connectivity index (χ0v) is 17.0. The smallest absolute Gasteiger partial charge is 0.271 e. The summed E-state index contributed by atoms with van der Waals surface area (Å²) >= 11 is 1.18. The molecule has 2 N–H and O–H groups in total. The van der Waals surface area contributed by atoms with Crippen LogP contribution in [-0.2, 0) is 10.0 Å². The minimum atomic E-state index is -3.57. The van der Waals surface area contributed by atoms with Crippen molar-refractivity contribution in [2.45, 2.75) is 11.1 Å². The molecular weight excluding hydrogens is 406 g/mol. The van der Waals surface area contributed by atoms with Crippen LogP contribution >= 0.6 is 23.7 Å². The van der Waals surface area contributed by atoms with E-state index in [9.17, 15) is 8.42 Å². The molecule has 6 nitrogen and oxygen atoms in total. The van der Waals surface area contributed by atoms with E-state index in [1.54, 1.807) is 42.0 Å². The SMILES string of the molecule is Cc1cc(NS(=O)(=O)c2cccs2)cc(OCCNc2ccncc2)c1.Cl. The average molecular weight is 426 g/mol. The van der Waals surface area contributed by atoms with Crippen molar-refractivity contribution < 1.29 is 13.2 Å².